The number of fused-ring (bicyclic) bond motifs is 7. The number of esters is 4. The van der Waals surface area contributed by atoms with E-state index in [-0.39, 0.29) is 61.2 Å². The van der Waals surface area contributed by atoms with Crippen molar-refractivity contribution in [2.75, 3.05) is 13.2 Å². The van der Waals surface area contributed by atoms with Crippen LogP contribution in [-0.4, -0.2) is 207 Å². The molecule has 80 heavy (non-hydrogen) atoms. The second-order valence-electron chi connectivity index (χ2n) is 25.0. The Balaban J connectivity index is 0.856. The number of rotatable bonds is 11. The third-order valence-corrected chi connectivity index (χ3v) is 20.2. The smallest absolute Gasteiger partial charge is 0.341 e. The summed E-state index contributed by atoms with van der Waals surface area (Å²) < 4.78 is 79.7. The molecule has 0 aromatic heterocycles. The second kappa shape index (κ2) is 21.7. The number of hydrogen-bond donors (Lipinski definition) is 7. The molecular formula is C56H82O24. The van der Waals surface area contributed by atoms with E-state index in [1.807, 2.05) is 6.92 Å². The highest BCUT2D eigenvalue weighted by Crippen LogP contribution is 2.71. The summed E-state index contributed by atoms with van der Waals surface area (Å²) in [6.45, 7) is 19.7. The molecule has 24 nitrogen and oxygen atoms in total. The van der Waals surface area contributed by atoms with Crippen molar-refractivity contribution in [2.24, 2.45) is 40.4 Å². The van der Waals surface area contributed by atoms with Gasteiger partial charge in [-0.15, -0.1) is 0 Å². The summed E-state index contributed by atoms with van der Waals surface area (Å²) in [7, 11) is 0. The molecule has 29 atom stereocenters. The zero-order valence-electron chi connectivity index (χ0n) is 47.1. The third kappa shape index (κ3) is 9.69. The minimum Gasteiger partial charge on any atom is -0.456 e. The number of aliphatic hydroxyl groups is 7. The van der Waals surface area contributed by atoms with Gasteiger partial charge in [-0.25, -0.2) is 4.79 Å². The van der Waals surface area contributed by atoms with Gasteiger partial charge in [-0.05, 0) is 94.0 Å². The number of carbonyl (C=O) groups excluding carboxylic acids is 4. The number of ether oxygens (including phenoxy) is 13. The molecule has 4 aliphatic carbocycles. The molecule has 10 rings (SSSR count). The Morgan fingerprint density at radius 2 is 1.48 bits per heavy atom. The van der Waals surface area contributed by atoms with Crippen LogP contribution in [0.5, 0.6) is 0 Å². The van der Waals surface area contributed by atoms with Gasteiger partial charge in [0.05, 0.1) is 43.2 Å². The molecule has 9 fully saturated rings. The van der Waals surface area contributed by atoms with E-state index in [1.54, 1.807) is 13.8 Å². The van der Waals surface area contributed by atoms with Crippen LogP contribution in [-0.2, 0) is 80.8 Å². The van der Waals surface area contributed by atoms with E-state index in [2.05, 4.69) is 26.5 Å². The van der Waals surface area contributed by atoms with Crippen LogP contribution in [0.15, 0.2) is 23.8 Å². The van der Waals surface area contributed by atoms with Crippen molar-refractivity contribution in [2.45, 2.75) is 248 Å². The van der Waals surface area contributed by atoms with Gasteiger partial charge in [0.25, 0.3) is 5.79 Å². The predicted octanol–water partition coefficient (Wildman–Crippen LogP) is 0.864. The monoisotopic (exact) mass is 1140 g/mol. The lowest BCUT2D eigenvalue weighted by atomic mass is 9.46. The minimum absolute atomic E-state index is 0.0264. The molecule has 7 N–H and O–H groups in total. The first-order chi connectivity index (χ1) is 37.5. The quantitative estimate of drug-likeness (QED) is 0.0857. The standard InChI is InChI=1S/C56H82O24/c1-12-53(10,67)47-48(66)80-56(79-47)25(5)71-49(39(63)45(56)64)76-40-22(2)20-69-55(46(40)65)23(3)37-35(78-55)19-33-31-14-13-29-17-30(60)18-36(54(29,11)32(31)15-16-52(33,37)9)75-50-42(38(62)34(61)21-68-50)77-51-44(74-28(8)59)43(73-27(7)58)41(24(4)70-51)72-26(6)57/h13,23-25,30-47,49-51,60-65,67H,2,12,14-21H2,1,3-11H3/t23-,24-,25-,30+,31?,32?,33?,34-,35?,36+,37?,38-,39+,40-,41-,42+,43+,44+,45-,46-,47-,49-,50-,51-,52-,53-,54-,55-,56?/m0/s1. The normalized spacial score (nSPS) is 51.5. The second-order valence-corrected chi connectivity index (χ2v) is 25.0. The van der Waals surface area contributed by atoms with E-state index in [0.717, 1.165) is 45.6 Å². The van der Waals surface area contributed by atoms with Gasteiger partial charge >= 0.3 is 23.9 Å². The Morgan fingerprint density at radius 3 is 2.15 bits per heavy atom. The predicted molar refractivity (Wildman–Crippen MR) is 268 cm³/mol. The lowest BCUT2D eigenvalue weighted by molar-refractivity contribution is -0.393. The molecular weight excluding hydrogens is 1060 g/mol. The van der Waals surface area contributed by atoms with E-state index in [4.69, 9.17) is 61.6 Å². The summed E-state index contributed by atoms with van der Waals surface area (Å²) in [6, 6.07) is 0. The fraction of sp³-hybridized carbons (Fsp3) is 0.857. The summed E-state index contributed by atoms with van der Waals surface area (Å²) >= 11 is 0. The minimum atomic E-state index is -2.16. The van der Waals surface area contributed by atoms with Crippen LogP contribution < -0.4 is 0 Å². The molecule has 6 aliphatic heterocycles. The molecule has 0 radical (unpaired) electrons. The zero-order chi connectivity index (χ0) is 58.1. The molecule has 6 heterocycles. The van der Waals surface area contributed by atoms with Crippen LogP contribution in [0.1, 0.15) is 114 Å². The Bertz CT molecular complexity index is 2420. The largest absolute Gasteiger partial charge is 0.456 e. The summed E-state index contributed by atoms with van der Waals surface area (Å²) in [5.74, 6) is -7.17. The van der Waals surface area contributed by atoms with Gasteiger partial charge in [-0.1, -0.05) is 45.9 Å². The SMILES string of the molecule is C=C1CO[C@@]2(OC3CC4C5CC=C6C[C@@H](O)C[C@@H](O[C@@H]7OC[C@H](O)[C@H](O)[C@H]7O[C@@H]7O[C@@H](C)[C@H](OC(C)=O)[C@@H](OC(C)=O)[C@H]7OC(C)=O)[C@]6(C)C5CC[C@]4(C)C3[C@@H]2C)[C@@H](O)[C@H]1O[C@@H]1O[C@@H](C)C2(OC(=O)[C@@H]([C@@](C)(O)CC)O2)[C@@H](O)[C@H]1O. The first-order valence-corrected chi connectivity index (χ1v) is 28.3. The van der Waals surface area contributed by atoms with Crippen LogP contribution in [0.25, 0.3) is 0 Å². The molecule has 2 spiro atoms. The first kappa shape index (κ1) is 59.9. The van der Waals surface area contributed by atoms with E-state index in [9.17, 15) is 54.9 Å². The molecule has 0 bridgehead atoms. The van der Waals surface area contributed by atoms with Gasteiger partial charge in [-0.2, -0.15) is 0 Å². The van der Waals surface area contributed by atoms with E-state index in [0.29, 0.717) is 18.4 Å². The van der Waals surface area contributed by atoms with Crippen LogP contribution in [0.3, 0.4) is 0 Å². The molecule has 24 heteroatoms. The van der Waals surface area contributed by atoms with Crippen LogP contribution in [0.2, 0.25) is 0 Å². The van der Waals surface area contributed by atoms with Crippen molar-refractivity contribution in [1.82, 2.24) is 0 Å². The maximum absolute atomic E-state index is 13.0. The van der Waals surface area contributed by atoms with E-state index in [1.165, 1.54) is 13.8 Å². The highest BCUT2D eigenvalue weighted by molar-refractivity contribution is 5.78. The van der Waals surface area contributed by atoms with Crippen molar-refractivity contribution in [3.63, 3.8) is 0 Å². The van der Waals surface area contributed by atoms with Gasteiger partial charge in [0.1, 0.15) is 42.7 Å². The number of hydrogen-bond acceptors (Lipinski definition) is 24. The van der Waals surface area contributed by atoms with Gasteiger partial charge in [0.15, 0.2) is 49.4 Å². The van der Waals surface area contributed by atoms with E-state index < -0.39 is 163 Å². The molecule has 0 aromatic carbocycles. The van der Waals surface area contributed by atoms with Crippen molar-refractivity contribution >= 4 is 23.9 Å². The Labute approximate surface area is 464 Å². The maximum atomic E-state index is 13.0. The molecule has 6 unspecified atom stereocenters. The molecule has 0 aromatic rings. The number of carbonyl (C=O) groups is 4. The molecule has 10 aliphatic rings. The fourth-order valence-corrected chi connectivity index (χ4v) is 16.0. The van der Waals surface area contributed by atoms with Crippen molar-refractivity contribution in [3.8, 4) is 0 Å². The summed E-state index contributed by atoms with van der Waals surface area (Å²) in [6.07, 6.45) is -19.3. The molecule has 6 saturated heterocycles. The van der Waals surface area contributed by atoms with Crippen molar-refractivity contribution in [3.05, 3.63) is 23.8 Å². The van der Waals surface area contributed by atoms with Crippen molar-refractivity contribution < 1.29 is 117 Å². The van der Waals surface area contributed by atoms with Crippen LogP contribution >= 0.6 is 0 Å². The average Bonchev–Trinajstić information content (AvgIpc) is 4.20. The van der Waals surface area contributed by atoms with E-state index >= 15 is 0 Å². The Hall–Kier alpha value is -3.28. The van der Waals surface area contributed by atoms with Crippen LogP contribution in [0, 0.1) is 40.4 Å². The molecule has 0 amide bonds. The van der Waals surface area contributed by atoms with Crippen LogP contribution in [0.4, 0.5) is 0 Å². The van der Waals surface area contributed by atoms with Gasteiger partial charge in [0, 0.05) is 38.5 Å². The summed E-state index contributed by atoms with van der Waals surface area (Å²) in [5, 5.41) is 80.5. The number of aliphatic hydroxyl groups excluding tert-OH is 6. The topological polar surface area (TPSA) is 330 Å². The van der Waals surface area contributed by atoms with Gasteiger partial charge in [-0.3, -0.25) is 14.4 Å². The van der Waals surface area contributed by atoms with Gasteiger partial charge in [0.2, 0.25) is 5.79 Å². The number of allylic oxidation sites excluding steroid dienone is 1. The average molecular weight is 1140 g/mol. The lowest BCUT2D eigenvalue weighted by Crippen LogP contribution is -2.68. The van der Waals surface area contributed by atoms with Gasteiger partial charge < -0.3 is 97.3 Å². The zero-order valence-corrected chi connectivity index (χ0v) is 47.1. The highest BCUT2D eigenvalue weighted by atomic mass is 16.8. The molecule has 3 saturated carbocycles. The highest BCUT2D eigenvalue weighted by Gasteiger charge is 2.73. The Morgan fingerprint density at radius 1 is 0.800 bits per heavy atom. The maximum Gasteiger partial charge on any atom is 0.341 e. The Kier molecular flexibility index (Phi) is 16.2. The lowest BCUT2D eigenvalue weighted by Gasteiger charge is -2.60. The van der Waals surface area contributed by atoms with Crippen molar-refractivity contribution in [1.29, 1.82) is 0 Å². The third-order valence-electron chi connectivity index (χ3n) is 20.2. The summed E-state index contributed by atoms with van der Waals surface area (Å²) in [5.41, 5.74) is -1.27. The summed E-state index contributed by atoms with van der Waals surface area (Å²) in [4.78, 5) is 50.1. The fourth-order valence-electron chi connectivity index (χ4n) is 16.0. The molecule has 450 valence electrons. The first-order valence-electron chi connectivity index (χ1n) is 28.3.